The van der Waals surface area contributed by atoms with Crippen LogP contribution in [0.4, 0.5) is 5.69 Å². The lowest BCUT2D eigenvalue weighted by molar-refractivity contribution is 0.0722. The van der Waals surface area contributed by atoms with E-state index in [4.69, 9.17) is 21.1 Å². The highest BCUT2D eigenvalue weighted by atomic mass is 35.5. The number of aliphatic hydroxyl groups is 1. The third kappa shape index (κ3) is 6.03. The summed E-state index contributed by atoms with van der Waals surface area (Å²) in [4.78, 5) is 17.3. The zero-order valence-electron chi connectivity index (χ0n) is 17.5. The van der Waals surface area contributed by atoms with Crippen LogP contribution in [-0.4, -0.2) is 59.3 Å². The van der Waals surface area contributed by atoms with E-state index in [0.717, 1.165) is 25.3 Å². The maximum absolute atomic E-state index is 12.3. The van der Waals surface area contributed by atoms with Crippen molar-refractivity contribution < 1.29 is 19.4 Å². The molecule has 4 rings (SSSR count). The highest BCUT2D eigenvalue weighted by molar-refractivity contribution is 6.30. The number of ether oxygens (including phenoxy) is 2. The Morgan fingerprint density at radius 1 is 1.19 bits per heavy atom. The van der Waals surface area contributed by atoms with Crippen LogP contribution in [0.5, 0.6) is 11.5 Å². The number of H-pyrrole nitrogens is 1. The highest BCUT2D eigenvalue weighted by Gasteiger charge is 2.26. The van der Waals surface area contributed by atoms with Crippen molar-refractivity contribution in [2.75, 3.05) is 31.6 Å². The number of aliphatic hydroxyl groups excluding tert-OH is 1. The summed E-state index contributed by atoms with van der Waals surface area (Å²) < 4.78 is 11.8. The number of carbonyl (C=O) groups excluding carboxylic acids is 1. The van der Waals surface area contributed by atoms with E-state index in [1.54, 1.807) is 30.5 Å². The number of hydrogen-bond acceptors (Lipinski definition) is 5. The summed E-state index contributed by atoms with van der Waals surface area (Å²) in [6.45, 7) is 2.19. The molecule has 168 valence electrons. The number of aromatic amines is 1. The molecule has 8 heteroatoms. The van der Waals surface area contributed by atoms with Crippen LogP contribution in [0.3, 0.4) is 0 Å². The van der Waals surface area contributed by atoms with Gasteiger partial charge in [0.2, 0.25) is 0 Å². The molecule has 1 amide bonds. The third-order valence-corrected chi connectivity index (χ3v) is 5.48. The molecule has 3 N–H and O–H groups in total. The number of para-hydroxylation sites is 2. The van der Waals surface area contributed by atoms with Gasteiger partial charge >= 0.3 is 0 Å². The Labute approximate surface area is 191 Å². The first-order valence-corrected chi connectivity index (χ1v) is 10.9. The number of amides is 1. The fourth-order valence-electron chi connectivity index (χ4n) is 3.66. The number of aromatic nitrogens is 1. The SMILES string of the molecule is O=C(Nc1ccccc1OCC(O)CN1CCC(Oc2ccc(Cl)cc2)C1)c1ccc[nH]1. The molecule has 1 aliphatic heterocycles. The van der Waals surface area contributed by atoms with Crippen molar-refractivity contribution in [1.29, 1.82) is 0 Å². The number of benzene rings is 2. The maximum Gasteiger partial charge on any atom is 0.272 e. The fourth-order valence-corrected chi connectivity index (χ4v) is 3.78. The molecule has 0 saturated carbocycles. The average Bonchev–Trinajstić information content (AvgIpc) is 3.47. The predicted octanol–water partition coefficient (Wildman–Crippen LogP) is 3.81. The molecule has 2 aromatic carbocycles. The van der Waals surface area contributed by atoms with Gasteiger partial charge in [-0.05, 0) is 55.0 Å². The second kappa shape index (κ2) is 10.5. The lowest BCUT2D eigenvalue weighted by Gasteiger charge is -2.21. The Morgan fingerprint density at radius 3 is 2.78 bits per heavy atom. The van der Waals surface area contributed by atoms with Crippen LogP contribution in [0.2, 0.25) is 5.02 Å². The fraction of sp³-hybridized carbons (Fsp3) is 0.292. The molecule has 0 radical (unpaired) electrons. The van der Waals surface area contributed by atoms with Gasteiger partial charge in [-0.1, -0.05) is 23.7 Å². The van der Waals surface area contributed by atoms with Crippen LogP contribution in [0.1, 0.15) is 16.9 Å². The van der Waals surface area contributed by atoms with Crippen molar-refractivity contribution in [2.45, 2.75) is 18.6 Å². The molecule has 7 nitrogen and oxygen atoms in total. The Bertz CT molecular complexity index is 1010. The minimum atomic E-state index is -0.670. The number of carbonyl (C=O) groups is 1. The lowest BCUT2D eigenvalue weighted by Crippen LogP contribution is -2.35. The predicted molar refractivity (Wildman–Crippen MR) is 124 cm³/mol. The molecule has 1 saturated heterocycles. The van der Waals surface area contributed by atoms with Crippen LogP contribution in [0.25, 0.3) is 0 Å². The van der Waals surface area contributed by atoms with Crippen LogP contribution in [-0.2, 0) is 0 Å². The van der Waals surface area contributed by atoms with Gasteiger partial charge in [0.25, 0.3) is 5.91 Å². The molecule has 0 bridgehead atoms. The van der Waals surface area contributed by atoms with Crippen molar-refractivity contribution in [3.63, 3.8) is 0 Å². The number of nitrogens with one attached hydrogen (secondary N) is 2. The Balaban J connectivity index is 1.24. The monoisotopic (exact) mass is 455 g/mol. The van der Waals surface area contributed by atoms with Gasteiger partial charge < -0.3 is 24.9 Å². The highest BCUT2D eigenvalue weighted by Crippen LogP contribution is 2.25. The summed E-state index contributed by atoms with van der Waals surface area (Å²) in [5.74, 6) is 1.05. The Hall–Kier alpha value is -3.00. The molecule has 1 aliphatic rings. The smallest absolute Gasteiger partial charge is 0.272 e. The van der Waals surface area contributed by atoms with E-state index in [-0.39, 0.29) is 18.6 Å². The third-order valence-electron chi connectivity index (χ3n) is 5.22. The quantitative estimate of drug-likeness (QED) is 0.456. The molecule has 3 aromatic rings. The van der Waals surface area contributed by atoms with Crippen LogP contribution in [0.15, 0.2) is 66.9 Å². The first-order valence-electron chi connectivity index (χ1n) is 10.6. The summed E-state index contributed by atoms with van der Waals surface area (Å²) in [6.07, 6.45) is 1.99. The van der Waals surface area contributed by atoms with Gasteiger partial charge in [-0.15, -0.1) is 0 Å². The lowest BCUT2D eigenvalue weighted by atomic mass is 10.2. The van der Waals surface area contributed by atoms with E-state index in [2.05, 4.69) is 15.2 Å². The van der Waals surface area contributed by atoms with Gasteiger partial charge in [0, 0.05) is 30.9 Å². The molecular formula is C24H26ClN3O4. The van der Waals surface area contributed by atoms with E-state index >= 15 is 0 Å². The number of likely N-dealkylation sites (tertiary alicyclic amines) is 1. The standard InChI is InChI=1S/C24H26ClN3O4/c25-17-7-9-19(10-8-17)32-20-11-13-28(15-20)14-18(29)16-31-23-6-2-1-4-21(23)27-24(30)22-5-3-12-26-22/h1-10,12,18,20,26,29H,11,13-16H2,(H,27,30). The molecule has 1 aromatic heterocycles. The number of anilines is 1. The number of nitrogens with zero attached hydrogens (tertiary/aromatic N) is 1. The van der Waals surface area contributed by atoms with Crippen molar-refractivity contribution in [3.8, 4) is 11.5 Å². The van der Waals surface area contributed by atoms with E-state index in [1.807, 2.05) is 36.4 Å². The van der Waals surface area contributed by atoms with E-state index in [1.165, 1.54) is 0 Å². The minimum Gasteiger partial charge on any atom is -0.489 e. The number of β-amino-alcohol motifs (C(OH)–C–C–N with tert-alkyl or cyclic N) is 1. The molecule has 2 heterocycles. The minimum absolute atomic E-state index is 0.0771. The van der Waals surface area contributed by atoms with Crippen LogP contribution >= 0.6 is 11.6 Å². The van der Waals surface area contributed by atoms with E-state index in [0.29, 0.717) is 28.7 Å². The number of halogens is 1. The number of rotatable bonds is 9. The summed E-state index contributed by atoms with van der Waals surface area (Å²) in [7, 11) is 0. The summed E-state index contributed by atoms with van der Waals surface area (Å²) in [5.41, 5.74) is 1.01. The molecule has 0 aliphatic carbocycles. The first kappa shape index (κ1) is 22.2. The second-order valence-corrected chi connectivity index (χ2v) is 8.18. The molecule has 32 heavy (non-hydrogen) atoms. The van der Waals surface area contributed by atoms with Crippen molar-refractivity contribution in [2.24, 2.45) is 0 Å². The van der Waals surface area contributed by atoms with Gasteiger partial charge in [-0.25, -0.2) is 0 Å². The summed E-state index contributed by atoms with van der Waals surface area (Å²) in [5, 5.41) is 14.0. The molecule has 2 unspecified atom stereocenters. The van der Waals surface area contributed by atoms with Gasteiger partial charge in [0.1, 0.15) is 36.0 Å². The second-order valence-electron chi connectivity index (χ2n) is 7.74. The molecular weight excluding hydrogens is 430 g/mol. The zero-order chi connectivity index (χ0) is 22.3. The van der Waals surface area contributed by atoms with Gasteiger partial charge in [-0.3, -0.25) is 9.69 Å². The maximum atomic E-state index is 12.3. The largest absolute Gasteiger partial charge is 0.489 e. The zero-order valence-corrected chi connectivity index (χ0v) is 18.3. The normalized spacial score (nSPS) is 17.1. The number of hydrogen-bond donors (Lipinski definition) is 3. The summed E-state index contributed by atoms with van der Waals surface area (Å²) >= 11 is 5.92. The first-order chi connectivity index (χ1) is 15.6. The Kier molecular flexibility index (Phi) is 7.32. The Morgan fingerprint density at radius 2 is 2.00 bits per heavy atom. The van der Waals surface area contributed by atoms with Gasteiger partial charge in [-0.2, -0.15) is 0 Å². The van der Waals surface area contributed by atoms with E-state index < -0.39 is 6.10 Å². The van der Waals surface area contributed by atoms with Crippen LogP contribution in [0, 0.1) is 0 Å². The molecule has 0 spiro atoms. The summed E-state index contributed by atoms with van der Waals surface area (Å²) in [6, 6.07) is 18.0. The van der Waals surface area contributed by atoms with Crippen LogP contribution < -0.4 is 14.8 Å². The van der Waals surface area contributed by atoms with Crippen molar-refractivity contribution in [3.05, 3.63) is 77.6 Å². The molecule has 2 atom stereocenters. The molecule has 1 fully saturated rings. The average molecular weight is 456 g/mol. The van der Waals surface area contributed by atoms with Gasteiger partial charge in [0.15, 0.2) is 0 Å². The topological polar surface area (TPSA) is 86.8 Å². The van der Waals surface area contributed by atoms with Crippen molar-refractivity contribution in [1.82, 2.24) is 9.88 Å². The van der Waals surface area contributed by atoms with Crippen molar-refractivity contribution >= 4 is 23.2 Å². The van der Waals surface area contributed by atoms with E-state index in [9.17, 15) is 9.90 Å². The van der Waals surface area contributed by atoms with Gasteiger partial charge in [0.05, 0.1) is 5.69 Å².